The number of carbonyl (C=O) groups excluding carboxylic acids is 3. The first kappa shape index (κ1) is 30.7. The number of carbonyl (C=O) groups is 5. The van der Waals surface area contributed by atoms with Gasteiger partial charge in [0.1, 0.15) is 18.1 Å². The van der Waals surface area contributed by atoms with Crippen molar-refractivity contribution in [2.45, 2.75) is 77.5 Å². The Kier molecular flexibility index (Phi) is 14.4. The lowest BCUT2D eigenvalue weighted by atomic mass is 9.97. The Morgan fingerprint density at radius 1 is 0.909 bits per heavy atom. The van der Waals surface area contributed by atoms with Crippen molar-refractivity contribution in [3.8, 4) is 0 Å². The molecule has 0 aliphatic carbocycles. The Labute approximate surface area is 199 Å². The fourth-order valence-corrected chi connectivity index (χ4v) is 3.46. The van der Waals surface area contributed by atoms with Crippen LogP contribution in [0.15, 0.2) is 0 Å². The topological polar surface area (TPSA) is 188 Å². The van der Waals surface area contributed by atoms with Gasteiger partial charge in [0.05, 0.1) is 12.5 Å². The zero-order chi connectivity index (χ0) is 25.7. The number of rotatable bonds is 16. The molecule has 0 saturated carbocycles. The Balaban J connectivity index is 5.52. The van der Waals surface area contributed by atoms with Crippen LogP contribution >= 0.6 is 11.8 Å². The molecule has 0 aliphatic rings. The Morgan fingerprint density at radius 2 is 1.48 bits per heavy atom. The van der Waals surface area contributed by atoms with E-state index < -0.39 is 60.2 Å². The van der Waals surface area contributed by atoms with E-state index in [9.17, 15) is 29.1 Å². The van der Waals surface area contributed by atoms with Gasteiger partial charge in [0.15, 0.2) is 0 Å². The number of carboxylic acids is 2. The van der Waals surface area contributed by atoms with Crippen LogP contribution in [-0.2, 0) is 24.0 Å². The Bertz CT molecular complexity index is 690. The van der Waals surface area contributed by atoms with Crippen molar-refractivity contribution in [2.75, 3.05) is 12.0 Å². The van der Waals surface area contributed by atoms with Gasteiger partial charge in [-0.1, -0.05) is 34.1 Å². The van der Waals surface area contributed by atoms with Gasteiger partial charge in [0.2, 0.25) is 17.7 Å². The minimum absolute atomic E-state index is 0.190. The summed E-state index contributed by atoms with van der Waals surface area (Å²) in [4.78, 5) is 60.5. The number of nitrogens with one attached hydrogen (secondary N) is 3. The summed E-state index contributed by atoms with van der Waals surface area (Å²) in [5, 5.41) is 25.5. The molecule has 0 aromatic rings. The predicted octanol–water partition coefficient (Wildman–Crippen LogP) is 0.173. The van der Waals surface area contributed by atoms with Gasteiger partial charge in [-0.05, 0) is 36.7 Å². The molecule has 3 amide bonds. The monoisotopic (exact) mass is 490 g/mol. The molecule has 0 saturated heterocycles. The summed E-state index contributed by atoms with van der Waals surface area (Å²) >= 11 is 1.48. The van der Waals surface area contributed by atoms with Crippen molar-refractivity contribution >= 4 is 41.4 Å². The molecule has 0 aromatic carbocycles. The van der Waals surface area contributed by atoms with E-state index in [2.05, 4.69) is 16.0 Å². The number of carboxylic acid groups (broad SMARTS) is 2. The third kappa shape index (κ3) is 11.9. The molecule has 0 fully saturated rings. The lowest BCUT2D eigenvalue weighted by molar-refractivity contribution is -0.147. The first-order valence-corrected chi connectivity index (χ1v) is 12.3. The summed E-state index contributed by atoms with van der Waals surface area (Å²) < 4.78 is 0. The molecule has 33 heavy (non-hydrogen) atoms. The van der Waals surface area contributed by atoms with Crippen LogP contribution in [0.3, 0.4) is 0 Å². The molecule has 0 aromatic heterocycles. The summed E-state index contributed by atoms with van der Waals surface area (Å²) in [7, 11) is 0. The molecule has 0 bridgehead atoms. The van der Waals surface area contributed by atoms with E-state index in [0.717, 1.165) is 0 Å². The lowest BCUT2D eigenvalue weighted by Gasteiger charge is -2.28. The molecule has 0 rings (SSSR count). The molecule has 0 heterocycles. The quantitative estimate of drug-likeness (QED) is 0.175. The number of nitrogens with two attached hydrogens (primary N) is 1. The maximum absolute atomic E-state index is 13.0. The SMILES string of the molecule is CCC(C)C(NC(=O)C(CCSC)NC(=O)C(N)CC(C)C)C(=O)NC(CC(=O)O)C(=O)O. The zero-order valence-electron chi connectivity index (χ0n) is 19.9. The number of hydrogen-bond acceptors (Lipinski definition) is 7. The van der Waals surface area contributed by atoms with Crippen LogP contribution in [0, 0.1) is 11.8 Å². The van der Waals surface area contributed by atoms with Gasteiger partial charge in [-0.3, -0.25) is 19.2 Å². The molecule has 0 radical (unpaired) electrons. The summed E-state index contributed by atoms with van der Waals surface area (Å²) in [5.74, 6) is -4.38. The molecule has 190 valence electrons. The van der Waals surface area contributed by atoms with Crippen LogP contribution < -0.4 is 21.7 Å². The zero-order valence-corrected chi connectivity index (χ0v) is 20.7. The summed E-state index contributed by atoms with van der Waals surface area (Å²) in [6, 6.07) is -4.47. The molecule has 0 aliphatic heterocycles. The number of thioether (sulfide) groups is 1. The maximum Gasteiger partial charge on any atom is 0.326 e. The van der Waals surface area contributed by atoms with Crippen molar-refractivity contribution in [2.24, 2.45) is 17.6 Å². The molecule has 12 heteroatoms. The second kappa shape index (κ2) is 15.5. The Hall–Kier alpha value is -2.34. The van der Waals surface area contributed by atoms with Gasteiger partial charge >= 0.3 is 11.9 Å². The van der Waals surface area contributed by atoms with E-state index in [1.807, 2.05) is 20.1 Å². The van der Waals surface area contributed by atoms with Crippen LogP contribution in [0.2, 0.25) is 0 Å². The fraction of sp³-hybridized carbons (Fsp3) is 0.762. The predicted molar refractivity (Wildman–Crippen MR) is 126 cm³/mol. The molecule has 5 atom stereocenters. The van der Waals surface area contributed by atoms with Crippen LogP contribution in [0.25, 0.3) is 0 Å². The van der Waals surface area contributed by atoms with Crippen molar-refractivity contribution < 1.29 is 34.2 Å². The number of aliphatic carboxylic acids is 2. The summed E-state index contributed by atoms with van der Waals surface area (Å²) in [5.41, 5.74) is 5.92. The molecular weight excluding hydrogens is 452 g/mol. The highest BCUT2D eigenvalue weighted by Crippen LogP contribution is 2.11. The maximum atomic E-state index is 13.0. The van der Waals surface area contributed by atoms with E-state index in [-0.39, 0.29) is 11.8 Å². The van der Waals surface area contributed by atoms with Crippen molar-refractivity contribution in [3.05, 3.63) is 0 Å². The highest BCUT2D eigenvalue weighted by molar-refractivity contribution is 7.98. The highest BCUT2D eigenvalue weighted by Gasteiger charge is 2.33. The normalized spacial score (nSPS) is 15.6. The van der Waals surface area contributed by atoms with E-state index >= 15 is 0 Å². The van der Waals surface area contributed by atoms with Crippen molar-refractivity contribution in [1.82, 2.24) is 16.0 Å². The fourth-order valence-electron chi connectivity index (χ4n) is 2.99. The largest absolute Gasteiger partial charge is 0.481 e. The molecule has 7 N–H and O–H groups in total. The molecular formula is C21H38N4O7S. The van der Waals surface area contributed by atoms with Crippen LogP contribution in [-0.4, -0.2) is 76.0 Å². The van der Waals surface area contributed by atoms with Gasteiger partial charge < -0.3 is 31.9 Å². The smallest absolute Gasteiger partial charge is 0.326 e. The third-order valence-electron chi connectivity index (χ3n) is 5.09. The lowest BCUT2D eigenvalue weighted by Crippen LogP contribution is -2.59. The third-order valence-corrected chi connectivity index (χ3v) is 5.74. The standard InChI is InChI=1S/C21H38N4O7S/c1-6-12(4)17(20(30)24-15(21(31)32)10-16(26)27)25-19(29)14(7-8-33-5)23-18(28)13(22)9-11(2)3/h11-15,17H,6-10,22H2,1-5H3,(H,23,28)(H,24,30)(H,25,29)(H,26,27)(H,31,32). The minimum atomic E-state index is -1.64. The summed E-state index contributed by atoms with van der Waals surface area (Å²) in [6.45, 7) is 7.34. The Morgan fingerprint density at radius 3 is 1.94 bits per heavy atom. The molecule has 0 spiro atoms. The van der Waals surface area contributed by atoms with Crippen LogP contribution in [0.5, 0.6) is 0 Å². The highest BCUT2D eigenvalue weighted by atomic mass is 32.2. The second-order valence-electron chi connectivity index (χ2n) is 8.45. The van der Waals surface area contributed by atoms with E-state index in [4.69, 9.17) is 10.8 Å². The first-order valence-electron chi connectivity index (χ1n) is 10.9. The number of amides is 3. The van der Waals surface area contributed by atoms with Crippen LogP contribution in [0.4, 0.5) is 0 Å². The average molecular weight is 491 g/mol. The minimum Gasteiger partial charge on any atom is -0.481 e. The van der Waals surface area contributed by atoms with E-state index in [0.29, 0.717) is 25.0 Å². The van der Waals surface area contributed by atoms with Crippen LogP contribution in [0.1, 0.15) is 53.4 Å². The molecule has 5 unspecified atom stereocenters. The van der Waals surface area contributed by atoms with Gasteiger partial charge in [0, 0.05) is 0 Å². The van der Waals surface area contributed by atoms with Gasteiger partial charge in [0.25, 0.3) is 0 Å². The molecule has 11 nitrogen and oxygen atoms in total. The second-order valence-corrected chi connectivity index (χ2v) is 9.43. The first-order chi connectivity index (χ1) is 15.3. The summed E-state index contributed by atoms with van der Waals surface area (Å²) in [6.07, 6.45) is 2.28. The van der Waals surface area contributed by atoms with Gasteiger partial charge in [-0.2, -0.15) is 11.8 Å². The van der Waals surface area contributed by atoms with Crippen molar-refractivity contribution in [1.29, 1.82) is 0 Å². The van der Waals surface area contributed by atoms with Crippen molar-refractivity contribution in [3.63, 3.8) is 0 Å². The number of hydrogen-bond donors (Lipinski definition) is 6. The van der Waals surface area contributed by atoms with Gasteiger partial charge in [-0.15, -0.1) is 0 Å². The van der Waals surface area contributed by atoms with Gasteiger partial charge in [-0.25, -0.2) is 4.79 Å². The average Bonchev–Trinajstić information content (AvgIpc) is 2.72. The van der Waals surface area contributed by atoms with E-state index in [1.165, 1.54) is 11.8 Å². The van der Waals surface area contributed by atoms with E-state index in [1.54, 1.807) is 13.8 Å².